The van der Waals surface area contributed by atoms with Gasteiger partial charge in [-0.3, -0.25) is 9.58 Å². The molecule has 3 rings (SSSR count). The third kappa shape index (κ3) is 2.88. The van der Waals surface area contributed by atoms with E-state index in [1.807, 2.05) is 4.68 Å². The third-order valence-electron chi connectivity index (χ3n) is 5.65. The highest BCUT2D eigenvalue weighted by Gasteiger charge is 2.45. The van der Waals surface area contributed by atoms with E-state index < -0.39 is 0 Å². The van der Waals surface area contributed by atoms with Crippen molar-refractivity contribution in [3.05, 3.63) is 18.0 Å². The van der Waals surface area contributed by atoms with Gasteiger partial charge in [-0.05, 0) is 64.7 Å². The summed E-state index contributed by atoms with van der Waals surface area (Å²) in [5, 5.41) is 8.10. The van der Waals surface area contributed by atoms with Crippen LogP contribution in [0, 0.1) is 0 Å². The molecule has 1 atom stereocenters. The van der Waals surface area contributed by atoms with Crippen LogP contribution >= 0.6 is 0 Å². The number of aryl methyl sites for hydroxylation is 1. The van der Waals surface area contributed by atoms with Crippen LogP contribution in [0.25, 0.3) is 0 Å². The summed E-state index contributed by atoms with van der Waals surface area (Å²) in [6.07, 6.45) is 13.6. The fourth-order valence-electron chi connectivity index (χ4n) is 4.52. The lowest BCUT2D eigenvalue weighted by Crippen LogP contribution is -2.59. The summed E-state index contributed by atoms with van der Waals surface area (Å²) in [5.74, 6) is 0. The summed E-state index contributed by atoms with van der Waals surface area (Å²) in [6, 6.07) is 0.549. The van der Waals surface area contributed by atoms with Gasteiger partial charge in [0.2, 0.25) is 0 Å². The molecule has 2 fully saturated rings. The number of rotatable bonds is 6. The van der Waals surface area contributed by atoms with Gasteiger partial charge < -0.3 is 5.32 Å². The molecule has 0 amide bonds. The Balaban J connectivity index is 1.78. The number of likely N-dealkylation sites (tertiary alicyclic amines) is 1. The number of hydrogen-bond acceptors (Lipinski definition) is 3. The molecule has 0 bridgehead atoms. The van der Waals surface area contributed by atoms with Crippen LogP contribution in [0.15, 0.2) is 12.4 Å². The van der Waals surface area contributed by atoms with Crippen molar-refractivity contribution >= 4 is 0 Å². The first-order valence-electron chi connectivity index (χ1n) is 8.72. The SMILES string of the molecule is CCn1cc(CC(NC)C2(N3CCCC3)CCCC2)cn1. The van der Waals surface area contributed by atoms with E-state index in [1.165, 1.54) is 57.2 Å². The first-order chi connectivity index (χ1) is 10.3. The van der Waals surface area contributed by atoms with Crippen molar-refractivity contribution in [1.82, 2.24) is 20.0 Å². The van der Waals surface area contributed by atoms with Gasteiger partial charge in [-0.1, -0.05) is 12.8 Å². The second-order valence-corrected chi connectivity index (χ2v) is 6.75. The van der Waals surface area contributed by atoms with Gasteiger partial charge in [-0.2, -0.15) is 5.10 Å². The van der Waals surface area contributed by atoms with E-state index in [9.17, 15) is 0 Å². The Morgan fingerprint density at radius 1 is 1.24 bits per heavy atom. The molecule has 2 heterocycles. The van der Waals surface area contributed by atoms with Crippen molar-refractivity contribution < 1.29 is 0 Å². The molecule has 2 aliphatic rings. The van der Waals surface area contributed by atoms with Crippen molar-refractivity contribution in [2.75, 3.05) is 20.1 Å². The van der Waals surface area contributed by atoms with Gasteiger partial charge in [0.05, 0.1) is 6.20 Å². The van der Waals surface area contributed by atoms with Crippen LogP contribution in [0.4, 0.5) is 0 Å². The molecule has 1 unspecified atom stereocenters. The lowest BCUT2D eigenvalue weighted by molar-refractivity contribution is 0.0798. The average molecular weight is 290 g/mol. The van der Waals surface area contributed by atoms with Gasteiger partial charge in [0.25, 0.3) is 0 Å². The topological polar surface area (TPSA) is 33.1 Å². The average Bonchev–Trinajstić information content (AvgIpc) is 3.24. The minimum atomic E-state index is 0.388. The van der Waals surface area contributed by atoms with Crippen molar-refractivity contribution in [2.24, 2.45) is 0 Å². The normalized spacial score (nSPS) is 23.7. The molecule has 21 heavy (non-hydrogen) atoms. The molecule has 0 spiro atoms. The molecule has 4 nitrogen and oxygen atoms in total. The Morgan fingerprint density at radius 2 is 1.95 bits per heavy atom. The fourth-order valence-corrected chi connectivity index (χ4v) is 4.52. The Bertz CT molecular complexity index is 441. The first kappa shape index (κ1) is 15.0. The van der Waals surface area contributed by atoms with E-state index in [2.05, 4.69) is 41.7 Å². The van der Waals surface area contributed by atoms with E-state index in [0.29, 0.717) is 11.6 Å². The molecule has 1 saturated carbocycles. The van der Waals surface area contributed by atoms with E-state index in [4.69, 9.17) is 0 Å². The van der Waals surface area contributed by atoms with Gasteiger partial charge in [0, 0.05) is 24.3 Å². The number of likely N-dealkylation sites (N-methyl/N-ethyl adjacent to an activating group) is 1. The molecule has 1 aromatic heterocycles. The van der Waals surface area contributed by atoms with Gasteiger partial charge >= 0.3 is 0 Å². The first-order valence-corrected chi connectivity index (χ1v) is 8.72. The zero-order valence-corrected chi connectivity index (χ0v) is 13.6. The van der Waals surface area contributed by atoms with Gasteiger partial charge in [-0.15, -0.1) is 0 Å². The molecule has 1 aromatic rings. The lowest BCUT2D eigenvalue weighted by Gasteiger charge is -2.45. The molecular formula is C17H30N4. The predicted octanol–water partition coefficient (Wildman–Crippen LogP) is 2.44. The van der Waals surface area contributed by atoms with Gasteiger partial charge in [0.1, 0.15) is 0 Å². The third-order valence-corrected chi connectivity index (χ3v) is 5.65. The minimum Gasteiger partial charge on any atom is -0.315 e. The Morgan fingerprint density at radius 3 is 2.52 bits per heavy atom. The standard InChI is InChI=1S/C17H30N4/c1-3-21-14-15(13-19-21)12-16(18-2)17(8-4-5-9-17)20-10-6-7-11-20/h13-14,16,18H,3-12H2,1-2H3. The van der Waals surface area contributed by atoms with Gasteiger partial charge in [0.15, 0.2) is 0 Å². The number of nitrogens with zero attached hydrogens (tertiary/aromatic N) is 3. The monoisotopic (exact) mass is 290 g/mol. The quantitative estimate of drug-likeness (QED) is 0.873. The fraction of sp³-hybridized carbons (Fsp3) is 0.824. The summed E-state index contributed by atoms with van der Waals surface area (Å²) in [5.41, 5.74) is 1.77. The van der Waals surface area contributed by atoms with Crippen LogP contribution in [-0.4, -0.2) is 46.4 Å². The van der Waals surface area contributed by atoms with Crippen LogP contribution in [0.3, 0.4) is 0 Å². The lowest BCUT2D eigenvalue weighted by atomic mass is 9.83. The van der Waals surface area contributed by atoms with Crippen LogP contribution < -0.4 is 5.32 Å². The Hall–Kier alpha value is -0.870. The highest BCUT2D eigenvalue weighted by Crippen LogP contribution is 2.40. The van der Waals surface area contributed by atoms with Crippen molar-refractivity contribution in [1.29, 1.82) is 0 Å². The predicted molar refractivity (Wildman–Crippen MR) is 86.5 cm³/mol. The molecule has 0 radical (unpaired) electrons. The molecule has 1 aliphatic carbocycles. The van der Waals surface area contributed by atoms with Crippen molar-refractivity contribution in [3.63, 3.8) is 0 Å². The number of aromatic nitrogens is 2. The summed E-state index contributed by atoms with van der Waals surface area (Å²) >= 11 is 0. The number of nitrogens with one attached hydrogen (secondary N) is 1. The molecular weight excluding hydrogens is 260 g/mol. The highest BCUT2D eigenvalue weighted by molar-refractivity contribution is 5.13. The highest BCUT2D eigenvalue weighted by atomic mass is 15.3. The Labute approximate surface area is 128 Å². The molecule has 1 N–H and O–H groups in total. The smallest absolute Gasteiger partial charge is 0.0522 e. The molecule has 4 heteroatoms. The van der Waals surface area contributed by atoms with Crippen LogP contribution in [0.1, 0.15) is 51.0 Å². The zero-order chi connectivity index (χ0) is 14.7. The van der Waals surface area contributed by atoms with Crippen molar-refractivity contribution in [2.45, 2.75) is 70.0 Å². The largest absolute Gasteiger partial charge is 0.315 e. The maximum atomic E-state index is 4.44. The summed E-state index contributed by atoms with van der Waals surface area (Å²) in [4.78, 5) is 2.80. The summed E-state index contributed by atoms with van der Waals surface area (Å²) in [7, 11) is 2.14. The van der Waals surface area contributed by atoms with Crippen LogP contribution in [0.2, 0.25) is 0 Å². The van der Waals surface area contributed by atoms with Crippen LogP contribution in [-0.2, 0) is 13.0 Å². The molecule has 118 valence electrons. The van der Waals surface area contributed by atoms with Gasteiger partial charge in [-0.25, -0.2) is 0 Å². The zero-order valence-electron chi connectivity index (χ0n) is 13.6. The van der Waals surface area contributed by atoms with E-state index >= 15 is 0 Å². The van der Waals surface area contributed by atoms with Crippen molar-refractivity contribution in [3.8, 4) is 0 Å². The van der Waals surface area contributed by atoms with E-state index in [-0.39, 0.29) is 0 Å². The Kier molecular flexibility index (Phi) is 4.65. The minimum absolute atomic E-state index is 0.388. The maximum Gasteiger partial charge on any atom is 0.0522 e. The second kappa shape index (κ2) is 6.49. The number of hydrogen-bond donors (Lipinski definition) is 1. The van der Waals surface area contributed by atoms with Crippen LogP contribution in [0.5, 0.6) is 0 Å². The summed E-state index contributed by atoms with van der Waals surface area (Å²) in [6.45, 7) is 5.70. The second-order valence-electron chi connectivity index (χ2n) is 6.75. The summed E-state index contributed by atoms with van der Waals surface area (Å²) < 4.78 is 2.04. The molecule has 0 aromatic carbocycles. The molecule has 1 aliphatic heterocycles. The molecule has 1 saturated heterocycles. The maximum absolute atomic E-state index is 4.44. The van der Waals surface area contributed by atoms with E-state index in [0.717, 1.165) is 13.0 Å². The van der Waals surface area contributed by atoms with E-state index in [1.54, 1.807) is 0 Å².